The summed E-state index contributed by atoms with van der Waals surface area (Å²) in [5.74, 6) is 0. The Morgan fingerprint density at radius 1 is 1.37 bits per heavy atom. The van der Waals surface area contributed by atoms with E-state index in [0.717, 1.165) is 25.2 Å². The van der Waals surface area contributed by atoms with Crippen molar-refractivity contribution in [1.29, 1.82) is 0 Å². The molecule has 0 unspecified atom stereocenters. The number of halogens is 1. The maximum atomic E-state index is 4.60. The van der Waals surface area contributed by atoms with Crippen molar-refractivity contribution in [3.63, 3.8) is 0 Å². The molecule has 0 radical (unpaired) electrons. The van der Waals surface area contributed by atoms with E-state index in [-0.39, 0.29) is 5.54 Å². The molecule has 1 fully saturated rings. The Kier molecular flexibility index (Phi) is 4.12. The lowest BCUT2D eigenvalue weighted by atomic mass is 9.98. The largest absolute Gasteiger partial charge is 0.312 e. The molecule has 0 saturated heterocycles. The SMILES string of the molecule is CCn1nc(C)c(Br)c1CC1(CNC(C)(C)C)CC1. The summed E-state index contributed by atoms with van der Waals surface area (Å²) in [6, 6.07) is 0. The van der Waals surface area contributed by atoms with E-state index < -0.39 is 0 Å². The predicted octanol–water partition coefficient (Wildman–Crippen LogP) is 3.68. The van der Waals surface area contributed by atoms with Gasteiger partial charge < -0.3 is 5.32 Å². The molecule has 0 atom stereocenters. The fourth-order valence-corrected chi connectivity index (χ4v) is 2.86. The van der Waals surface area contributed by atoms with Crippen LogP contribution >= 0.6 is 15.9 Å². The minimum atomic E-state index is 0.202. The zero-order valence-electron chi connectivity index (χ0n) is 12.8. The molecule has 4 heteroatoms. The quantitative estimate of drug-likeness (QED) is 0.893. The van der Waals surface area contributed by atoms with Gasteiger partial charge in [0.1, 0.15) is 0 Å². The maximum Gasteiger partial charge on any atom is 0.0738 e. The third kappa shape index (κ3) is 3.60. The molecule has 0 amide bonds. The summed E-state index contributed by atoms with van der Waals surface area (Å²) in [6.45, 7) is 13.0. The summed E-state index contributed by atoms with van der Waals surface area (Å²) >= 11 is 3.71. The zero-order valence-corrected chi connectivity index (χ0v) is 14.4. The number of hydrogen-bond donors (Lipinski definition) is 1. The van der Waals surface area contributed by atoms with Gasteiger partial charge in [0.15, 0.2) is 0 Å². The molecule has 1 aliphatic rings. The highest BCUT2D eigenvalue weighted by Crippen LogP contribution is 2.49. The molecule has 0 bridgehead atoms. The standard InChI is InChI=1S/C15H26BrN3/c1-6-19-12(13(16)11(2)18-19)9-15(7-8-15)10-17-14(3,4)5/h17H,6-10H2,1-5H3. The number of aromatic nitrogens is 2. The van der Waals surface area contributed by atoms with Crippen LogP contribution in [-0.2, 0) is 13.0 Å². The van der Waals surface area contributed by atoms with Gasteiger partial charge in [-0.15, -0.1) is 0 Å². The smallest absolute Gasteiger partial charge is 0.0738 e. The molecule has 2 rings (SSSR count). The van der Waals surface area contributed by atoms with Gasteiger partial charge in [0.25, 0.3) is 0 Å². The van der Waals surface area contributed by atoms with Crippen LogP contribution in [0.15, 0.2) is 4.47 Å². The average Bonchev–Trinajstić information content (AvgIpc) is 3.04. The Bertz CT molecular complexity index is 453. The molecule has 1 saturated carbocycles. The van der Waals surface area contributed by atoms with Gasteiger partial charge in [-0.2, -0.15) is 5.10 Å². The van der Waals surface area contributed by atoms with E-state index >= 15 is 0 Å². The van der Waals surface area contributed by atoms with Crippen molar-refractivity contribution in [3.8, 4) is 0 Å². The molecular formula is C15H26BrN3. The van der Waals surface area contributed by atoms with E-state index in [9.17, 15) is 0 Å². The van der Waals surface area contributed by atoms with Crippen LogP contribution < -0.4 is 5.32 Å². The van der Waals surface area contributed by atoms with Gasteiger partial charge in [-0.3, -0.25) is 4.68 Å². The average molecular weight is 328 g/mol. The van der Waals surface area contributed by atoms with Crippen molar-refractivity contribution in [2.45, 2.75) is 66.0 Å². The molecule has 1 aliphatic carbocycles. The molecule has 108 valence electrons. The van der Waals surface area contributed by atoms with E-state index in [1.165, 1.54) is 23.0 Å². The molecule has 1 aromatic rings. The Morgan fingerprint density at radius 2 is 2.00 bits per heavy atom. The minimum absolute atomic E-state index is 0.202. The predicted molar refractivity (Wildman–Crippen MR) is 83.5 cm³/mol. The molecule has 1 aromatic heterocycles. The van der Waals surface area contributed by atoms with Gasteiger partial charge >= 0.3 is 0 Å². The van der Waals surface area contributed by atoms with Crippen molar-refractivity contribution in [2.24, 2.45) is 5.41 Å². The van der Waals surface area contributed by atoms with Crippen molar-refractivity contribution in [3.05, 3.63) is 15.9 Å². The summed E-state index contributed by atoms with van der Waals surface area (Å²) in [5, 5.41) is 8.26. The Balaban J connectivity index is 2.09. The fourth-order valence-electron chi connectivity index (χ4n) is 2.44. The van der Waals surface area contributed by atoms with Crippen LogP contribution in [0.5, 0.6) is 0 Å². The van der Waals surface area contributed by atoms with Crippen molar-refractivity contribution >= 4 is 15.9 Å². The number of hydrogen-bond acceptors (Lipinski definition) is 2. The van der Waals surface area contributed by atoms with Crippen molar-refractivity contribution in [2.75, 3.05) is 6.54 Å². The molecule has 19 heavy (non-hydrogen) atoms. The summed E-state index contributed by atoms with van der Waals surface area (Å²) in [5.41, 5.74) is 3.13. The highest BCUT2D eigenvalue weighted by molar-refractivity contribution is 9.10. The lowest BCUT2D eigenvalue weighted by Gasteiger charge is -2.25. The van der Waals surface area contributed by atoms with E-state index in [2.05, 4.69) is 65.6 Å². The first-order valence-corrected chi connectivity index (χ1v) is 8.02. The van der Waals surface area contributed by atoms with Gasteiger partial charge in [-0.1, -0.05) is 0 Å². The van der Waals surface area contributed by atoms with Crippen LogP contribution in [0.1, 0.15) is 51.9 Å². The summed E-state index contributed by atoms with van der Waals surface area (Å²) < 4.78 is 3.35. The zero-order chi connectivity index (χ0) is 14.3. The topological polar surface area (TPSA) is 29.9 Å². The van der Waals surface area contributed by atoms with Gasteiger partial charge in [0.05, 0.1) is 15.9 Å². The Labute approximate surface area is 125 Å². The second-order valence-electron chi connectivity index (χ2n) is 6.94. The Hall–Kier alpha value is -0.350. The molecule has 1 N–H and O–H groups in total. The van der Waals surface area contributed by atoms with Crippen LogP contribution in [-0.4, -0.2) is 21.9 Å². The van der Waals surface area contributed by atoms with Gasteiger partial charge in [0.2, 0.25) is 0 Å². The van der Waals surface area contributed by atoms with Crippen molar-refractivity contribution < 1.29 is 0 Å². The number of rotatable bonds is 5. The molecule has 0 spiro atoms. The summed E-state index contributed by atoms with van der Waals surface area (Å²) in [4.78, 5) is 0. The molecule has 3 nitrogen and oxygen atoms in total. The number of nitrogens with zero attached hydrogens (tertiary/aromatic N) is 2. The molecule has 1 heterocycles. The summed E-state index contributed by atoms with van der Waals surface area (Å²) in [7, 11) is 0. The second-order valence-corrected chi connectivity index (χ2v) is 7.74. The number of nitrogens with one attached hydrogen (secondary N) is 1. The van der Waals surface area contributed by atoms with Crippen LogP contribution in [0.3, 0.4) is 0 Å². The number of aryl methyl sites for hydroxylation is 2. The third-order valence-electron chi connectivity index (χ3n) is 3.95. The maximum absolute atomic E-state index is 4.60. The van der Waals surface area contributed by atoms with Crippen LogP contribution in [0.25, 0.3) is 0 Å². The second kappa shape index (κ2) is 5.21. The fraction of sp³-hybridized carbons (Fsp3) is 0.800. The summed E-state index contributed by atoms with van der Waals surface area (Å²) in [6.07, 6.45) is 3.79. The highest BCUT2D eigenvalue weighted by atomic mass is 79.9. The van der Waals surface area contributed by atoms with Gasteiger partial charge in [-0.25, -0.2) is 0 Å². The molecule has 0 aliphatic heterocycles. The first-order valence-electron chi connectivity index (χ1n) is 7.23. The lowest BCUT2D eigenvalue weighted by molar-refractivity contribution is 0.351. The monoisotopic (exact) mass is 327 g/mol. The first-order chi connectivity index (χ1) is 8.76. The minimum Gasteiger partial charge on any atom is -0.312 e. The van der Waals surface area contributed by atoms with Gasteiger partial charge in [0, 0.05) is 18.6 Å². The van der Waals surface area contributed by atoms with Crippen LogP contribution in [0.2, 0.25) is 0 Å². The first kappa shape index (κ1) is 15.0. The van der Waals surface area contributed by atoms with Gasteiger partial charge in [-0.05, 0) is 75.2 Å². The van der Waals surface area contributed by atoms with E-state index in [1.54, 1.807) is 0 Å². The normalized spacial score (nSPS) is 17.8. The Morgan fingerprint density at radius 3 is 2.47 bits per heavy atom. The van der Waals surface area contributed by atoms with Crippen LogP contribution in [0, 0.1) is 12.3 Å². The van der Waals surface area contributed by atoms with Crippen LogP contribution in [0.4, 0.5) is 0 Å². The lowest BCUT2D eigenvalue weighted by Crippen LogP contribution is -2.40. The third-order valence-corrected chi connectivity index (χ3v) is 4.98. The molecular weight excluding hydrogens is 302 g/mol. The van der Waals surface area contributed by atoms with E-state index in [0.29, 0.717) is 5.41 Å². The van der Waals surface area contributed by atoms with E-state index in [1.807, 2.05) is 0 Å². The molecule has 0 aromatic carbocycles. The van der Waals surface area contributed by atoms with Crippen molar-refractivity contribution in [1.82, 2.24) is 15.1 Å². The highest BCUT2D eigenvalue weighted by Gasteiger charge is 2.44. The van der Waals surface area contributed by atoms with E-state index in [4.69, 9.17) is 0 Å².